The van der Waals surface area contributed by atoms with Gasteiger partial charge in [0.1, 0.15) is 0 Å². The third kappa shape index (κ3) is 3.98. The minimum atomic E-state index is 0. The molecule has 0 saturated heterocycles. The molecule has 166 valence electrons. The molecular formula is C31H23BrClN. The zero-order valence-electron chi connectivity index (χ0n) is 18.6. The van der Waals surface area contributed by atoms with Crippen LogP contribution in [0.1, 0.15) is 11.1 Å². The van der Waals surface area contributed by atoms with Crippen molar-refractivity contribution in [2.24, 2.45) is 0 Å². The molecule has 0 atom stereocenters. The number of halogens is 2. The summed E-state index contributed by atoms with van der Waals surface area (Å²) in [6.45, 7) is 0. The van der Waals surface area contributed by atoms with Crippen LogP contribution < -0.4 is 21.5 Å². The van der Waals surface area contributed by atoms with E-state index in [2.05, 4.69) is 108 Å². The van der Waals surface area contributed by atoms with Crippen LogP contribution in [0.15, 0.2) is 115 Å². The number of pyridine rings is 1. The third-order valence-electron chi connectivity index (χ3n) is 6.51. The van der Waals surface area contributed by atoms with E-state index < -0.39 is 0 Å². The van der Waals surface area contributed by atoms with Gasteiger partial charge in [-0.3, -0.25) is 0 Å². The lowest BCUT2D eigenvalue weighted by atomic mass is 9.83. The summed E-state index contributed by atoms with van der Waals surface area (Å²) in [6, 6.07) is 40.8. The van der Waals surface area contributed by atoms with Gasteiger partial charge in [0, 0.05) is 34.3 Å². The van der Waals surface area contributed by atoms with E-state index in [0.717, 1.165) is 23.6 Å². The Bertz CT molecular complexity index is 1450. The summed E-state index contributed by atoms with van der Waals surface area (Å²) in [5.74, 6) is 0. The Morgan fingerprint density at radius 3 is 1.91 bits per heavy atom. The van der Waals surface area contributed by atoms with Crippen LogP contribution in [0.2, 0.25) is 5.02 Å². The van der Waals surface area contributed by atoms with Crippen molar-refractivity contribution in [3.63, 3.8) is 0 Å². The number of benzene rings is 4. The standard InChI is InChI=1S/C31H23ClN.BrH/c32-25-16-18-26(19-17-25)33-30(24-12-5-2-6-13-24)21-29(22-9-3-1-4-10-22)28-20-15-23-11-7-8-14-27(23)31(28)33;/h1-14,16-19,21H,15,20H2;1H/q+1;/p-1. The van der Waals surface area contributed by atoms with E-state index in [0.29, 0.717) is 0 Å². The number of hydrogen-bond acceptors (Lipinski definition) is 0. The molecule has 0 spiro atoms. The molecule has 4 aromatic carbocycles. The van der Waals surface area contributed by atoms with Crippen molar-refractivity contribution in [2.75, 3.05) is 0 Å². The van der Waals surface area contributed by atoms with Crippen LogP contribution in [0.3, 0.4) is 0 Å². The SMILES string of the molecule is Clc1ccc(-[n+]2c(-c3ccccc3)cc(-c3ccccc3)c3c2-c2ccccc2CC3)cc1.[Br-]. The van der Waals surface area contributed by atoms with Crippen LogP contribution in [0.4, 0.5) is 0 Å². The molecule has 0 radical (unpaired) electrons. The first-order chi connectivity index (χ1) is 16.3. The Morgan fingerprint density at radius 2 is 1.21 bits per heavy atom. The molecule has 5 aromatic rings. The van der Waals surface area contributed by atoms with Gasteiger partial charge in [0.05, 0.1) is 5.56 Å². The van der Waals surface area contributed by atoms with Crippen LogP contribution >= 0.6 is 11.6 Å². The molecule has 34 heavy (non-hydrogen) atoms. The first-order valence-electron chi connectivity index (χ1n) is 11.4. The molecule has 0 N–H and O–H groups in total. The van der Waals surface area contributed by atoms with Gasteiger partial charge in [-0.05, 0) is 59.9 Å². The average molecular weight is 525 g/mol. The van der Waals surface area contributed by atoms with Gasteiger partial charge in [-0.1, -0.05) is 78.3 Å². The highest BCUT2D eigenvalue weighted by Crippen LogP contribution is 2.39. The maximum absolute atomic E-state index is 6.28. The minimum absolute atomic E-state index is 0. The van der Waals surface area contributed by atoms with Crippen LogP contribution in [0, 0.1) is 0 Å². The zero-order chi connectivity index (χ0) is 22.2. The molecule has 0 unspecified atom stereocenters. The molecule has 0 fully saturated rings. The molecule has 1 aliphatic carbocycles. The van der Waals surface area contributed by atoms with Gasteiger partial charge in [-0.15, -0.1) is 0 Å². The number of fused-ring (bicyclic) bond motifs is 3. The van der Waals surface area contributed by atoms with Crippen LogP contribution in [-0.4, -0.2) is 0 Å². The fourth-order valence-corrected chi connectivity index (χ4v) is 5.12. The van der Waals surface area contributed by atoms with Gasteiger partial charge in [-0.25, -0.2) is 0 Å². The van der Waals surface area contributed by atoms with E-state index in [1.165, 1.54) is 44.8 Å². The molecule has 0 amide bonds. The fourth-order valence-electron chi connectivity index (χ4n) is 4.99. The number of rotatable bonds is 3. The number of aromatic nitrogens is 1. The molecule has 0 saturated carbocycles. The number of aryl methyl sites for hydroxylation is 1. The van der Waals surface area contributed by atoms with Crippen molar-refractivity contribution in [1.82, 2.24) is 0 Å². The maximum Gasteiger partial charge on any atom is 0.223 e. The fraction of sp³-hybridized carbons (Fsp3) is 0.0645. The Labute approximate surface area is 216 Å². The lowest BCUT2D eigenvalue weighted by Crippen LogP contribution is -3.00. The Kier molecular flexibility index (Phi) is 6.36. The summed E-state index contributed by atoms with van der Waals surface area (Å²) in [6.07, 6.45) is 2.06. The first-order valence-corrected chi connectivity index (χ1v) is 11.7. The number of hydrogen-bond donors (Lipinski definition) is 0. The quantitative estimate of drug-likeness (QED) is 0.301. The normalized spacial score (nSPS) is 11.8. The molecule has 1 aromatic heterocycles. The molecule has 1 nitrogen and oxygen atoms in total. The maximum atomic E-state index is 6.28. The van der Waals surface area contributed by atoms with E-state index in [1.807, 2.05) is 12.1 Å². The molecule has 0 bridgehead atoms. The summed E-state index contributed by atoms with van der Waals surface area (Å²) in [5.41, 5.74) is 11.4. The molecule has 6 rings (SSSR count). The summed E-state index contributed by atoms with van der Waals surface area (Å²) < 4.78 is 2.42. The second kappa shape index (κ2) is 9.58. The lowest BCUT2D eigenvalue weighted by Gasteiger charge is -2.22. The van der Waals surface area contributed by atoms with Crippen molar-refractivity contribution < 1.29 is 21.5 Å². The van der Waals surface area contributed by atoms with Crippen molar-refractivity contribution in [1.29, 1.82) is 0 Å². The lowest BCUT2D eigenvalue weighted by molar-refractivity contribution is -0.572. The predicted molar refractivity (Wildman–Crippen MR) is 137 cm³/mol. The topological polar surface area (TPSA) is 3.88 Å². The Morgan fingerprint density at radius 1 is 0.588 bits per heavy atom. The summed E-state index contributed by atoms with van der Waals surface area (Å²) in [5, 5.41) is 0.746. The molecular weight excluding hydrogens is 502 g/mol. The molecule has 0 aliphatic heterocycles. The van der Waals surface area contributed by atoms with Crippen molar-refractivity contribution in [3.8, 4) is 39.3 Å². The van der Waals surface area contributed by atoms with Gasteiger partial charge in [-0.2, -0.15) is 4.57 Å². The second-order valence-electron chi connectivity index (χ2n) is 8.47. The van der Waals surface area contributed by atoms with E-state index in [-0.39, 0.29) is 17.0 Å². The Balaban J connectivity index is 0.00000241. The third-order valence-corrected chi connectivity index (χ3v) is 6.76. The highest BCUT2D eigenvalue weighted by atomic mass is 79.9. The molecule has 1 heterocycles. The Hall–Kier alpha value is -3.20. The van der Waals surface area contributed by atoms with E-state index >= 15 is 0 Å². The molecule has 1 aliphatic rings. The van der Waals surface area contributed by atoms with Crippen LogP contribution in [-0.2, 0) is 12.8 Å². The van der Waals surface area contributed by atoms with Gasteiger partial charge >= 0.3 is 0 Å². The predicted octanol–water partition coefficient (Wildman–Crippen LogP) is 4.72. The van der Waals surface area contributed by atoms with E-state index in [1.54, 1.807) is 0 Å². The zero-order valence-corrected chi connectivity index (χ0v) is 20.9. The largest absolute Gasteiger partial charge is 1.00 e. The monoisotopic (exact) mass is 523 g/mol. The van der Waals surface area contributed by atoms with Gasteiger partial charge in [0.25, 0.3) is 0 Å². The molecule has 3 heteroatoms. The van der Waals surface area contributed by atoms with Crippen molar-refractivity contribution in [2.45, 2.75) is 12.8 Å². The summed E-state index contributed by atoms with van der Waals surface area (Å²) in [7, 11) is 0. The van der Waals surface area contributed by atoms with Crippen LogP contribution in [0.25, 0.3) is 39.3 Å². The number of nitrogens with zero attached hydrogens (tertiary/aromatic N) is 1. The van der Waals surface area contributed by atoms with Gasteiger partial charge in [0.15, 0.2) is 0 Å². The summed E-state index contributed by atoms with van der Waals surface area (Å²) >= 11 is 6.28. The van der Waals surface area contributed by atoms with Crippen molar-refractivity contribution in [3.05, 3.63) is 131 Å². The second-order valence-corrected chi connectivity index (χ2v) is 8.91. The van der Waals surface area contributed by atoms with E-state index in [4.69, 9.17) is 11.6 Å². The average Bonchev–Trinajstić information content (AvgIpc) is 2.89. The first kappa shape index (κ1) is 22.6. The smallest absolute Gasteiger partial charge is 0.223 e. The van der Waals surface area contributed by atoms with Crippen LogP contribution in [0.5, 0.6) is 0 Å². The van der Waals surface area contributed by atoms with E-state index in [9.17, 15) is 0 Å². The highest BCUT2D eigenvalue weighted by Gasteiger charge is 2.33. The minimum Gasteiger partial charge on any atom is -1.00 e. The van der Waals surface area contributed by atoms with Crippen molar-refractivity contribution >= 4 is 11.6 Å². The van der Waals surface area contributed by atoms with Gasteiger partial charge < -0.3 is 17.0 Å². The highest BCUT2D eigenvalue weighted by molar-refractivity contribution is 6.30. The van der Waals surface area contributed by atoms with Gasteiger partial charge in [0.2, 0.25) is 17.1 Å². The summed E-state index contributed by atoms with van der Waals surface area (Å²) in [4.78, 5) is 0.